The van der Waals surface area contributed by atoms with Crippen LogP contribution in [0.5, 0.6) is 0 Å². The highest BCUT2D eigenvalue weighted by atomic mass is 16.5. The average Bonchev–Trinajstić information content (AvgIpc) is 2.01. The molecule has 2 nitrogen and oxygen atoms in total. The summed E-state index contributed by atoms with van der Waals surface area (Å²) >= 11 is 0. The maximum absolute atomic E-state index is 5.65. The van der Waals surface area contributed by atoms with Gasteiger partial charge in [0.05, 0.1) is 11.2 Å². The summed E-state index contributed by atoms with van der Waals surface area (Å²) in [5.74, 6) is 0. The Kier molecular flexibility index (Phi) is 22.8. The molecule has 0 aliphatic carbocycles. The molecule has 0 spiro atoms. The monoisotopic (exact) mass is 266 g/mol. The summed E-state index contributed by atoms with van der Waals surface area (Å²) in [4.78, 5) is 0. The maximum Gasteiger partial charge on any atom is 0.0627 e. The largest absolute Gasteiger partial charge is 0.376 e. The maximum atomic E-state index is 5.65. The van der Waals surface area contributed by atoms with E-state index in [2.05, 4.69) is 27.7 Å². The van der Waals surface area contributed by atoms with Crippen LogP contribution in [-0.4, -0.2) is 24.4 Å². The van der Waals surface area contributed by atoms with Crippen molar-refractivity contribution in [1.29, 1.82) is 0 Å². The van der Waals surface area contributed by atoms with Crippen LogP contribution in [0.25, 0.3) is 0 Å². The summed E-state index contributed by atoms with van der Waals surface area (Å²) in [6.07, 6.45) is 2.07. The highest BCUT2D eigenvalue weighted by Crippen LogP contribution is 2.24. The molecular weight excluding hydrogens is 224 g/mol. The third-order valence-electron chi connectivity index (χ3n) is 2.40. The molecule has 0 aliphatic rings. The third-order valence-corrected chi connectivity index (χ3v) is 2.40. The smallest absolute Gasteiger partial charge is 0.0627 e. The first-order chi connectivity index (χ1) is 6.33. The molecule has 0 N–H and O–H groups in total. The van der Waals surface area contributed by atoms with Gasteiger partial charge in [0.2, 0.25) is 0 Å². The quantitative estimate of drug-likeness (QED) is 0.567. The Balaban J connectivity index is -0.000000141. The summed E-state index contributed by atoms with van der Waals surface area (Å²) in [5, 5.41) is 0. The van der Waals surface area contributed by atoms with Crippen molar-refractivity contribution in [3.63, 3.8) is 0 Å². The molecule has 0 saturated carbocycles. The van der Waals surface area contributed by atoms with Gasteiger partial charge in [-0.1, -0.05) is 29.7 Å². The van der Waals surface area contributed by atoms with Crippen LogP contribution in [0.3, 0.4) is 0 Å². The van der Waals surface area contributed by atoms with Crippen molar-refractivity contribution in [3.05, 3.63) is 0 Å². The van der Waals surface area contributed by atoms with E-state index in [0.29, 0.717) is 0 Å². The Morgan fingerprint density at radius 3 is 1.00 bits per heavy atom. The second-order valence-electron chi connectivity index (χ2n) is 4.89. The first kappa shape index (κ1) is 30.7. The first-order valence-electron chi connectivity index (χ1n) is 5.61. The van der Waals surface area contributed by atoms with E-state index in [1.807, 2.05) is 13.8 Å². The fraction of sp³-hybridized carbons (Fsp3) is 1.00. The van der Waals surface area contributed by atoms with Gasteiger partial charge in [-0.2, -0.15) is 0 Å². The lowest BCUT2D eigenvalue weighted by Gasteiger charge is -2.31. The van der Waals surface area contributed by atoms with Crippen LogP contribution in [0.1, 0.15) is 84.1 Å². The van der Waals surface area contributed by atoms with Crippen molar-refractivity contribution in [2.45, 2.75) is 95.3 Å². The minimum atomic E-state index is -0.0247. The fourth-order valence-corrected chi connectivity index (χ4v) is 1.53. The molecule has 0 atom stereocenters. The molecule has 18 heavy (non-hydrogen) atoms. The summed E-state index contributed by atoms with van der Waals surface area (Å²) in [5.41, 5.74) is -0.0494. The molecule has 0 fully saturated rings. The first-order valence-corrected chi connectivity index (χ1v) is 5.61. The molecule has 0 heterocycles. The minimum absolute atomic E-state index is 0. The van der Waals surface area contributed by atoms with E-state index in [9.17, 15) is 0 Å². The average molecular weight is 267 g/mol. The molecule has 2 heteroatoms. The van der Waals surface area contributed by atoms with Crippen LogP contribution in [0, 0.1) is 0 Å². The van der Waals surface area contributed by atoms with Gasteiger partial charge < -0.3 is 9.47 Å². The highest BCUT2D eigenvalue weighted by molar-refractivity contribution is 4.76. The summed E-state index contributed by atoms with van der Waals surface area (Å²) in [7, 11) is 0. The zero-order valence-corrected chi connectivity index (χ0v) is 10.6. The lowest BCUT2D eigenvalue weighted by molar-refractivity contribution is -0.0577. The van der Waals surface area contributed by atoms with Crippen molar-refractivity contribution in [2.24, 2.45) is 0 Å². The van der Waals surface area contributed by atoms with Crippen LogP contribution in [0.4, 0.5) is 0 Å². The Labute approximate surface area is 118 Å². The second kappa shape index (κ2) is 13.4. The number of hydrogen-bond donors (Lipinski definition) is 0. The molecule has 0 aromatic rings. The van der Waals surface area contributed by atoms with Crippen molar-refractivity contribution in [1.82, 2.24) is 0 Å². The predicted molar refractivity (Wildman–Crippen MR) is 87.6 cm³/mol. The van der Waals surface area contributed by atoms with Crippen molar-refractivity contribution in [3.8, 4) is 0 Å². The lowest BCUT2D eigenvalue weighted by atomic mass is 9.94. The highest BCUT2D eigenvalue weighted by Gasteiger charge is 2.24. The van der Waals surface area contributed by atoms with Crippen molar-refractivity contribution in [2.75, 3.05) is 13.2 Å². The Bertz CT molecular complexity index is 133. The third kappa shape index (κ3) is 15.9. The summed E-state index contributed by atoms with van der Waals surface area (Å²) < 4.78 is 11.3. The van der Waals surface area contributed by atoms with Gasteiger partial charge in [0.25, 0.3) is 0 Å². The Morgan fingerprint density at radius 2 is 0.833 bits per heavy atom. The Morgan fingerprint density at radius 1 is 0.611 bits per heavy atom. The van der Waals surface area contributed by atoms with Crippen LogP contribution in [0.2, 0.25) is 0 Å². The molecule has 0 saturated heterocycles. The standard InChI is InChI=1S/C12H26O2.4CH4/c1-7-13-11(3,4)9-10-12(5,6)14-8-2;;;;/h7-10H2,1-6H3;4*1H4. The van der Waals surface area contributed by atoms with E-state index in [-0.39, 0.29) is 40.9 Å². The van der Waals surface area contributed by atoms with Crippen molar-refractivity contribution >= 4 is 0 Å². The van der Waals surface area contributed by atoms with Crippen molar-refractivity contribution < 1.29 is 9.47 Å². The van der Waals surface area contributed by atoms with Crippen LogP contribution in [0.15, 0.2) is 0 Å². The number of hydrogen-bond acceptors (Lipinski definition) is 2. The van der Waals surface area contributed by atoms with Gasteiger partial charge in [-0.3, -0.25) is 0 Å². The summed E-state index contributed by atoms with van der Waals surface area (Å²) in [6, 6.07) is 0. The molecule has 0 aromatic carbocycles. The van der Waals surface area contributed by atoms with Gasteiger partial charge >= 0.3 is 0 Å². The molecule has 0 amide bonds. The Hall–Kier alpha value is -0.0800. The fourth-order valence-electron chi connectivity index (χ4n) is 1.53. The predicted octanol–water partition coefficient (Wildman–Crippen LogP) is 5.94. The van der Waals surface area contributed by atoms with Gasteiger partial charge in [-0.15, -0.1) is 0 Å². The van der Waals surface area contributed by atoms with E-state index in [4.69, 9.17) is 9.47 Å². The topological polar surface area (TPSA) is 18.5 Å². The van der Waals surface area contributed by atoms with E-state index in [1.54, 1.807) is 0 Å². The number of ether oxygens (including phenoxy) is 2. The zero-order valence-electron chi connectivity index (χ0n) is 10.6. The van der Waals surface area contributed by atoms with Gasteiger partial charge in [0.1, 0.15) is 0 Å². The summed E-state index contributed by atoms with van der Waals surface area (Å²) in [6.45, 7) is 14.2. The van der Waals surface area contributed by atoms with E-state index in [1.165, 1.54) is 0 Å². The van der Waals surface area contributed by atoms with E-state index in [0.717, 1.165) is 26.1 Å². The molecule has 0 bridgehead atoms. The van der Waals surface area contributed by atoms with Gasteiger partial charge in [0, 0.05) is 13.2 Å². The van der Waals surface area contributed by atoms with E-state index >= 15 is 0 Å². The second-order valence-corrected chi connectivity index (χ2v) is 4.89. The van der Waals surface area contributed by atoms with Gasteiger partial charge in [-0.25, -0.2) is 0 Å². The molecule has 0 rings (SSSR count). The van der Waals surface area contributed by atoms with Gasteiger partial charge in [-0.05, 0) is 54.4 Å². The van der Waals surface area contributed by atoms with E-state index < -0.39 is 0 Å². The number of rotatable bonds is 7. The molecule has 0 unspecified atom stereocenters. The normalized spacial score (nSPS) is 10.3. The minimum Gasteiger partial charge on any atom is -0.376 e. The zero-order chi connectivity index (χ0) is 11.2. The molecule has 0 aliphatic heterocycles. The molecule has 118 valence electrons. The van der Waals surface area contributed by atoms with Crippen LogP contribution < -0.4 is 0 Å². The molecular formula is C16H42O2. The van der Waals surface area contributed by atoms with Crippen LogP contribution in [-0.2, 0) is 9.47 Å². The molecule has 0 aromatic heterocycles. The van der Waals surface area contributed by atoms with Crippen LogP contribution >= 0.6 is 0 Å². The SMILES string of the molecule is C.C.C.C.CCOC(C)(C)CCC(C)(C)OCC. The molecule has 0 radical (unpaired) electrons. The van der Waals surface area contributed by atoms with Gasteiger partial charge in [0.15, 0.2) is 0 Å². The lowest BCUT2D eigenvalue weighted by Crippen LogP contribution is -2.31.